The SMILES string of the molecule is CC1CCC(CO)(Nc2nc(Cl)ccc2C(=O)O)CC1. The van der Waals surface area contributed by atoms with Crippen molar-refractivity contribution < 1.29 is 15.0 Å². The molecule has 1 aliphatic carbocycles. The van der Waals surface area contributed by atoms with Crippen LogP contribution >= 0.6 is 11.6 Å². The number of carboxylic acids is 1. The summed E-state index contributed by atoms with van der Waals surface area (Å²) < 4.78 is 0. The van der Waals surface area contributed by atoms with E-state index in [1.54, 1.807) is 0 Å². The second-order valence-electron chi connectivity index (χ2n) is 5.58. The lowest BCUT2D eigenvalue weighted by molar-refractivity contribution is 0.0697. The number of aromatic carboxylic acids is 1. The summed E-state index contributed by atoms with van der Waals surface area (Å²) in [6, 6.07) is 2.88. The largest absolute Gasteiger partial charge is 0.478 e. The van der Waals surface area contributed by atoms with E-state index in [1.807, 2.05) is 0 Å². The van der Waals surface area contributed by atoms with Gasteiger partial charge in [-0.25, -0.2) is 9.78 Å². The summed E-state index contributed by atoms with van der Waals surface area (Å²) in [6.45, 7) is 2.13. The van der Waals surface area contributed by atoms with Crippen molar-refractivity contribution in [3.8, 4) is 0 Å². The number of hydrogen-bond donors (Lipinski definition) is 3. The Morgan fingerprint density at radius 3 is 2.70 bits per heavy atom. The summed E-state index contributed by atoms with van der Waals surface area (Å²) in [5, 5.41) is 22.3. The van der Waals surface area contributed by atoms with E-state index in [0.29, 0.717) is 5.92 Å². The minimum absolute atomic E-state index is 0.0486. The molecule has 1 aromatic heterocycles. The van der Waals surface area contributed by atoms with E-state index in [0.717, 1.165) is 25.7 Å². The zero-order chi connectivity index (χ0) is 14.8. The summed E-state index contributed by atoms with van der Waals surface area (Å²) in [5.41, 5.74) is -0.435. The molecule has 1 saturated carbocycles. The average Bonchev–Trinajstić information content (AvgIpc) is 2.41. The average molecular weight is 299 g/mol. The molecule has 5 nitrogen and oxygen atoms in total. The highest BCUT2D eigenvalue weighted by Gasteiger charge is 2.34. The van der Waals surface area contributed by atoms with Gasteiger partial charge in [0.15, 0.2) is 0 Å². The van der Waals surface area contributed by atoms with Crippen molar-refractivity contribution in [2.24, 2.45) is 5.92 Å². The molecule has 2 rings (SSSR count). The van der Waals surface area contributed by atoms with Gasteiger partial charge in [0.25, 0.3) is 0 Å². The molecule has 3 N–H and O–H groups in total. The summed E-state index contributed by atoms with van der Waals surface area (Å²) in [4.78, 5) is 15.3. The lowest BCUT2D eigenvalue weighted by Crippen LogP contribution is -2.45. The molecule has 20 heavy (non-hydrogen) atoms. The molecule has 0 saturated heterocycles. The fourth-order valence-corrected chi connectivity index (χ4v) is 2.74. The van der Waals surface area contributed by atoms with Crippen molar-refractivity contribution in [1.82, 2.24) is 4.98 Å². The molecule has 0 radical (unpaired) electrons. The highest BCUT2D eigenvalue weighted by atomic mass is 35.5. The van der Waals surface area contributed by atoms with Crippen LogP contribution in [0.25, 0.3) is 0 Å². The molecule has 6 heteroatoms. The van der Waals surface area contributed by atoms with Gasteiger partial charge in [-0.3, -0.25) is 0 Å². The van der Waals surface area contributed by atoms with Crippen molar-refractivity contribution in [3.05, 3.63) is 22.8 Å². The number of aliphatic hydroxyl groups is 1. The molecule has 0 spiro atoms. The lowest BCUT2D eigenvalue weighted by atomic mass is 9.77. The molecule has 0 atom stereocenters. The molecular weight excluding hydrogens is 280 g/mol. The molecule has 0 aliphatic heterocycles. The number of halogens is 1. The van der Waals surface area contributed by atoms with Crippen LogP contribution in [-0.4, -0.2) is 33.3 Å². The Labute approximate surface area is 123 Å². The van der Waals surface area contributed by atoms with E-state index < -0.39 is 11.5 Å². The summed E-state index contributed by atoms with van der Waals surface area (Å²) in [6.07, 6.45) is 3.57. The highest BCUT2D eigenvalue weighted by molar-refractivity contribution is 6.29. The van der Waals surface area contributed by atoms with E-state index >= 15 is 0 Å². The Bertz CT molecular complexity index is 499. The van der Waals surface area contributed by atoms with Gasteiger partial charge in [0.05, 0.1) is 12.1 Å². The third kappa shape index (κ3) is 3.22. The van der Waals surface area contributed by atoms with Crippen LogP contribution in [0.4, 0.5) is 5.82 Å². The Balaban J connectivity index is 2.27. The van der Waals surface area contributed by atoms with E-state index in [4.69, 9.17) is 11.6 Å². The zero-order valence-electron chi connectivity index (χ0n) is 11.4. The topological polar surface area (TPSA) is 82.5 Å². The van der Waals surface area contributed by atoms with Crippen molar-refractivity contribution in [1.29, 1.82) is 0 Å². The molecular formula is C14H19ClN2O3. The molecule has 1 aromatic rings. The summed E-state index contributed by atoms with van der Waals surface area (Å²) in [7, 11) is 0. The number of carboxylic acid groups (broad SMARTS) is 1. The standard InChI is InChI=1S/C14H19ClN2O3/c1-9-4-6-14(8-18,7-5-9)17-12-10(13(19)20)2-3-11(15)16-12/h2-3,9,18H,4-8H2,1H3,(H,16,17)(H,19,20). The Morgan fingerprint density at radius 2 is 2.15 bits per heavy atom. The Kier molecular flexibility index (Phi) is 4.50. The maximum absolute atomic E-state index is 11.2. The Hall–Kier alpha value is -1.33. The third-order valence-electron chi connectivity index (χ3n) is 4.01. The number of hydrogen-bond acceptors (Lipinski definition) is 4. The van der Waals surface area contributed by atoms with Crippen molar-refractivity contribution >= 4 is 23.4 Å². The number of nitrogens with zero attached hydrogens (tertiary/aromatic N) is 1. The van der Waals surface area contributed by atoms with Gasteiger partial charge in [-0.1, -0.05) is 18.5 Å². The quantitative estimate of drug-likeness (QED) is 0.745. The minimum Gasteiger partial charge on any atom is -0.478 e. The molecule has 0 unspecified atom stereocenters. The molecule has 1 fully saturated rings. The van der Waals surface area contributed by atoms with Crippen LogP contribution < -0.4 is 5.32 Å². The second-order valence-corrected chi connectivity index (χ2v) is 5.97. The third-order valence-corrected chi connectivity index (χ3v) is 4.22. The fourth-order valence-electron chi connectivity index (χ4n) is 2.59. The number of carbonyl (C=O) groups is 1. The normalized spacial score (nSPS) is 26.2. The maximum atomic E-state index is 11.2. The fraction of sp³-hybridized carbons (Fsp3) is 0.571. The van der Waals surface area contributed by atoms with Gasteiger partial charge < -0.3 is 15.5 Å². The van der Waals surface area contributed by atoms with E-state index in [-0.39, 0.29) is 23.1 Å². The van der Waals surface area contributed by atoms with Gasteiger partial charge in [0, 0.05) is 0 Å². The molecule has 110 valence electrons. The predicted octanol–water partition coefficient (Wildman–Crippen LogP) is 2.79. The number of aromatic nitrogens is 1. The minimum atomic E-state index is -1.06. The van der Waals surface area contributed by atoms with Crippen LogP contribution in [0.2, 0.25) is 5.15 Å². The number of anilines is 1. The Morgan fingerprint density at radius 1 is 1.50 bits per heavy atom. The van der Waals surface area contributed by atoms with Gasteiger partial charge in [0.2, 0.25) is 0 Å². The number of pyridine rings is 1. The zero-order valence-corrected chi connectivity index (χ0v) is 12.2. The molecule has 0 aromatic carbocycles. The van der Waals surface area contributed by atoms with Crippen LogP contribution in [-0.2, 0) is 0 Å². The highest BCUT2D eigenvalue weighted by Crippen LogP contribution is 2.35. The van der Waals surface area contributed by atoms with Crippen LogP contribution in [0.1, 0.15) is 43.0 Å². The first-order valence-electron chi connectivity index (χ1n) is 6.75. The predicted molar refractivity (Wildman–Crippen MR) is 77.3 cm³/mol. The maximum Gasteiger partial charge on any atom is 0.339 e. The monoisotopic (exact) mass is 298 g/mol. The molecule has 1 aliphatic rings. The van der Waals surface area contributed by atoms with Crippen LogP contribution in [0.5, 0.6) is 0 Å². The number of rotatable bonds is 4. The first-order valence-corrected chi connectivity index (χ1v) is 7.12. The summed E-state index contributed by atoms with van der Waals surface area (Å²) in [5.74, 6) is -0.203. The van der Waals surface area contributed by atoms with Crippen LogP contribution in [0, 0.1) is 5.92 Å². The lowest BCUT2D eigenvalue weighted by Gasteiger charge is -2.39. The second kappa shape index (κ2) is 5.97. The first-order chi connectivity index (χ1) is 9.46. The van der Waals surface area contributed by atoms with E-state index in [9.17, 15) is 15.0 Å². The molecule has 0 bridgehead atoms. The van der Waals surface area contributed by atoms with Crippen molar-refractivity contribution in [2.75, 3.05) is 11.9 Å². The van der Waals surface area contributed by atoms with E-state index in [1.165, 1.54) is 12.1 Å². The van der Waals surface area contributed by atoms with Gasteiger partial charge in [-0.05, 0) is 43.7 Å². The molecule has 0 amide bonds. The van der Waals surface area contributed by atoms with Gasteiger partial charge in [0.1, 0.15) is 16.5 Å². The summed E-state index contributed by atoms with van der Waals surface area (Å²) >= 11 is 5.84. The van der Waals surface area contributed by atoms with Crippen LogP contribution in [0.15, 0.2) is 12.1 Å². The van der Waals surface area contributed by atoms with Gasteiger partial charge in [-0.15, -0.1) is 0 Å². The van der Waals surface area contributed by atoms with E-state index in [2.05, 4.69) is 17.2 Å². The van der Waals surface area contributed by atoms with Crippen molar-refractivity contribution in [3.63, 3.8) is 0 Å². The number of nitrogens with one attached hydrogen (secondary N) is 1. The van der Waals surface area contributed by atoms with Crippen LogP contribution in [0.3, 0.4) is 0 Å². The molecule has 1 heterocycles. The smallest absolute Gasteiger partial charge is 0.339 e. The van der Waals surface area contributed by atoms with Gasteiger partial charge >= 0.3 is 5.97 Å². The van der Waals surface area contributed by atoms with Crippen molar-refractivity contribution in [2.45, 2.75) is 38.1 Å². The number of aliphatic hydroxyl groups excluding tert-OH is 1. The first kappa shape index (κ1) is 15.1. The van der Waals surface area contributed by atoms with Gasteiger partial charge in [-0.2, -0.15) is 0 Å².